The highest BCUT2D eigenvalue weighted by atomic mass is 79.9. The van der Waals surface area contributed by atoms with Gasteiger partial charge in [0.25, 0.3) is 0 Å². The largest absolute Gasteiger partial charge is 0.383 e. The average Bonchev–Trinajstić information content (AvgIpc) is 2.59. The van der Waals surface area contributed by atoms with Crippen molar-refractivity contribution in [3.8, 4) is 0 Å². The molecule has 0 aliphatic heterocycles. The van der Waals surface area contributed by atoms with Crippen LogP contribution >= 0.6 is 27.3 Å². The third-order valence-electron chi connectivity index (χ3n) is 2.14. The normalized spacial score (nSPS) is 13.1. The molecule has 1 aromatic heterocycles. The molecule has 0 amide bonds. The van der Waals surface area contributed by atoms with Crippen LogP contribution in [0.5, 0.6) is 0 Å². The third kappa shape index (κ3) is 4.09. The number of methoxy groups -OCH3 is 1. The second-order valence-electron chi connectivity index (χ2n) is 3.19. The summed E-state index contributed by atoms with van der Waals surface area (Å²) in [5.41, 5.74) is 0. The Bertz CT molecular complexity index is 264. The van der Waals surface area contributed by atoms with Crippen molar-refractivity contribution in [2.75, 3.05) is 20.8 Å². The van der Waals surface area contributed by atoms with Crippen LogP contribution in [0.1, 0.15) is 11.3 Å². The van der Waals surface area contributed by atoms with E-state index in [1.165, 1.54) is 8.66 Å². The van der Waals surface area contributed by atoms with Gasteiger partial charge in [-0.1, -0.05) is 0 Å². The first kappa shape index (κ1) is 12.2. The Kier molecular flexibility index (Phi) is 5.70. The number of aryl methyl sites for hydroxylation is 1. The minimum Gasteiger partial charge on any atom is -0.383 e. The molecular weight excluding hydrogens is 262 g/mol. The van der Waals surface area contributed by atoms with Gasteiger partial charge in [0.1, 0.15) is 0 Å². The summed E-state index contributed by atoms with van der Waals surface area (Å²) in [5.74, 6) is 0. The molecule has 1 rings (SSSR count). The molecule has 0 saturated heterocycles. The topological polar surface area (TPSA) is 21.3 Å². The summed E-state index contributed by atoms with van der Waals surface area (Å²) in [6.07, 6.45) is 2.24. The summed E-state index contributed by atoms with van der Waals surface area (Å²) in [5, 5.41) is 3.25. The quantitative estimate of drug-likeness (QED) is 0.863. The lowest BCUT2D eigenvalue weighted by Gasteiger charge is -2.13. The van der Waals surface area contributed by atoms with Crippen molar-refractivity contribution >= 4 is 27.3 Å². The van der Waals surface area contributed by atoms with Gasteiger partial charge in [0.05, 0.1) is 10.4 Å². The number of hydrogen-bond acceptors (Lipinski definition) is 3. The van der Waals surface area contributed by atoms with Crippen molar-refractivity contribution in [1.29, 1.82) is 0 Å². The second kappa shape index (κ2) is 6.56. The van der Waals surface area contributed by atoms with Gasteiger partial charge in [0.15, 0.2) is 0 Å². The average molecular weight is 278 g/mol. The van der Waals surface area contributed by atoms with Gasteiger partial charge in [-0.2, -0.15) is 0 Å². The Hall–Kier alpha value is 0.1000. The van der Waals surface area contributed by atoms with Gasteiger partial charge in [-0.3, -0.25) is 0 Å². The van der Waals surface area contributed by atoms with Crippen molar-refractivity contribution in [2.24, 2.45) is 0 Å². The Morgan fingerprint density at radius 1 is 1.57 bits per heavy atom. The first-order valence-electron chi connectivity index (χ1n) is 4.66. The number of ether oxygens (including phenoxy) is 1. The van der Waals surface area contributed by atoms with Gasteiger partial charge in [0.2, 0.25) is 0 Å². The SMILES string of the molecule is CNC(CCc1ccc(Br)s1)COC. The molecule has 0 aliphatic carbocycles. The monoisotopic (exact) mass is 277 g/mol. The highest BCUT2D eigenvalue weighted by Gasteiger charge is 2.06. The van der Waals surface area contributed by atoms with Crippen molar-refractivity contribution in [1.82, 2.24) is 5.32 Å². The van der Waals surface area contributed by atoms with E-state index in [0.717, 1.165) is 19.4 Å². The van der Waals surface area contributed by atoms with Gasteiger partial charge in [0, 0.05) is 18.0 Å². The van der Waals surface area contributed by atoms with Crippen LogP contribution in [-0.2, 0) is 11.2 Å². The predicted molar refractivity (Wildman–Crippen MR) is 65.1 cm³/mol. The maximum atomic E-state index is 5.12. The molecule has 0 aliphatic rings. The van der Waals surface area contributed by atoms with E-state index in [0.29, 0.717) is 6.04 Å². The van der Waals surface area contributed by atoms with E-state index in [1.54, 1.807) is 18.4 Å². The summed E-state index contributed by atoms with van der Waals surface area (Å²) in [6.45, 7) is 0.781. The zero-order valence-corrected chi connectivity index (χ0v) is 11.0. The molecule has 14 heavy (non-hydrogen) atoms. The molecule has 1 N–H and O–H groups in total. The lowest BCUT2D eigenvalue weighted by molar-refractivity contribution is 0.166. The summed E-state index contributed by atoms with van der Waals surface area (Å²) in [6, 6.07) is 4.74. The van der Waals surface area contributed by atoms with Gasteiger partial charge in [-0.15, -0.1) is 11.3 Å². The van der Waals surface area contributed by atoms with Crippen molar-refractivity contribution in [3.63, 3.8) is 0 Å². The minimum atomic E-state index is 0.459. The number of hydrogen-bond donors (Lipinski definition) is 1. The Labute approximate surface area is 97.8 Å². The zero-order valence-electron chi connectivity index (χ0n) is 8.55. The standard InChI is InChI=1S/C10H16BrNOS/c1-12-8(7-13-2)3-4-9-5-6-10(11)14-9/h5-6,8,12H,3-4,7H2,1-2H3. The maximum Gasteiger partial charge on any atom is 0.0701 e. The van der Waals surface area contributed by atoms with Crippen LogP contribution in [0.4, 0.5) is 0 Å². The molecule has 0 radical (unpaired) electrons. The van der Waals surface area contributed by atoms with Crippen LogP contribution in [0.25, 0.3) is 0 Å². The summed E-state index contributed by atoms with van der Waals surface area (Å²) >= 11 is 5.27. The fourth-order valence-electron chi connectivity index (χ4n) is 1.31. The first-order chi connectivity index (χ1) is 6.76. The number of thiophene rings is 1. The van der Waals surface area contributed by atoms with E-state index in [2.05, 4.69) is 33.4 Å². The number of likely N-dealkylation sites (N-methyl/N-ethyl adjacent to an activating group) is 1. The van der Waals surface area contributed by atoms with E-state index in [1.807, 2.05) is 7.05 Å². The fraction of sp³-hybridized carbons (Fsp3) is 0.600. The van der Waals surface area contributed by atoms with E-state index >= 15 is 0 Å². The van der Waals surface area contributed by atoms with Gasteiger partial charge in [-0.05, 0) is 48.0 Å². The van der Waals surface area contributed by atoms with E-state index in [-0.39, 0.29) is 0 Å². The molecule has 0 fully saturated rings. The van der Waals surface area contributed by atoms with Crippen LogP contribution in [0.3, 0.4) is 0 Å². The molecule has 0 saturated carbocycles. The summed E-state index contributed by atoms with van der Waals surface area (Å²) in [4.78, 5) is 1.42. The summed E-state index contributed by atoms with van der Waals surface area (Å²) in [7, 11) is 3.72. The van der Waals surface area contributed by atoms with Crippen molar-refractivity contribution < 1.29 is 4.74 Å². The highest BCUT2D eigenvalue weighted by Crippen LogP contribution is 2.23. The lowest BCUT2D eigenvalue weighted by atomic mass is 10.1. The number of halogens is 1. The highest BCUT2D eigenvalue weighted by molar-refractivity contribution is 9.11. The Morgan fingerprint density at radius 2 is 2.36 bits per heavy atom. The smallest absolute Gasteiger partial charge is 0.0701 e. The maximum absolute atomic E-state index is 5.12. The van der Waals surface area contributed by atoms with Gasteiger partial charge in [-0.25, -0.2) is 0 Å². The second-order valence-corrected chi connectivity index (χ2v) is 5.73. The molecule has 0 spiro atoms. The zero-order chi connectivity index (χ0) is 10.4. The minimum absolute atomic E-state index is 0.459. The van der Waals surface area contributed by atoms with Crippen LogP contribution in [-0.4, -0.2) is 26.8 Å². The molecule has 0 bridgehead atoms. The molecular formula is C10H16BrNOS. The Balaban J connectivity index is 2.31. The van der Waals surface area contributed by atoms with Crippen LogP contribution < -0.4 is 5.32 Å². The number of nitrogens with one attached hydrogen (secondary N) is 1. The van der Waals surface area contributed by atoms with E-state index in [9.17, 15) is 0 Å². The van der Waals surface area contributed by atoms with Gasteiger partial charge >= 0.3 is 0 Å². The Morgan fingerprint density at radius 3 is 2.86 bits per heavy atom. The molecule has 1 unspecified atom stereocenters. The third-order valence-corrected chi connectivity index (χ3v) is 3.83. The lowest BCUT2D eigenvalue weighted by Crippen LogP contribution is -2.30. The van der Waals surface area contributed by atoms with Crippen LogP contribution in [0.2, 0.25) is 0 Å². The van der Waals surface area contributed by atoms with E-state index in [4.69, 9.17) is 4.74 Å². The molecule has 4 heteroatoms. The van der Waals surface area contributed by atoms with Crippen LogP contribution in [0, 0.1) is 0 Å². The molecule has 0 aromatic carbocycles. The van der Waals surface area contributed by atoms with E-state index < -0.39 is 0 Å². The summed E-state index contributed by atoms with van der Waals surface area (Å²) < 4.78 is 6.33. The molecule has 1 heterocycles. The van der Waals surface area contributed by atoms with Crippen molar-refractivity contribution in [2.45, 2.75) is 18.9 Å². The fourth-order valence-corrected chi connectivity index (χ4v) is 2.81. The van der Waals surface area contributed by atoms with Crippen LogP contribution in [0.15, 0.2) is 15.9 Å². The number of rotatable bonds is 6. The molecule has 1 aromatic rings. The molecule has 2 nitrogen and oxygen atoms in total. The van der Waals surface area contributed by atoms with Crippen molar-refractivity contribution in [3.05, 3.63) is 20.8 Å². The molecule has 1 atom stereocenters. The molecule has 80 valence electrons. The van der Waals surface area contributed by atoms with Gasteiger partial charge < -0.3 is 10.1 Å². The predicted octanol–water partition coefficient (Wildman–Crippen LogP) is 2.68. The first-order valence-corrected chi connectivity index (χ1v) is 6.27.